The first kappa shape index (κ1) is 18.7. The van der Waals surface area contributed by atoms with Gasteiger partial charge in [-0.25, -0.2) is 0 Å². The number of nitrogens with two attached hydrogens (primary N) is 1. The van der Waals surface area contributed by atoms with Crippen LogP contribution in [0.4, 0.5) is 5.69 Å². The minimum atomic E-state index is 0. The summed E-state index contributed by atoms with van der Waals surface area (Å²) in [4.78, 5) is 28.5. The van der Waals surface area contributed by atoms with E-state index in [2.05, 4.69) is 6.92 Å². The summed E-state index contributed by atoms with van der Waals surface area (Å²) in [6.07, 6.45) is 3.47. The van der Waals surface area contributed by atoms with Gasteiger partial charge in [-0.1, -0.05) is 13.0 Å². The van der Waals surface area contributed by atoms with Crippen molar-refractivity contribution in [2.24, 2.45) is 11.7 Å². The van der Waals surface area contributed by atoms with Gasteiger partial charge < -0.3 is 15.5 Å². The molecule has 0 saturated carbocycles. The Morgan fingerprint density at radius 3 is 2.79 bits per heavy atom. The summed E-state index contributed by atoms with van der Waals surface area (Å²) >= 11 is 0. The summed E-state index contributed by atoms with van der Waals surface area (Å²) in [6, 6.07) is 7.55. The number of rotatable bonds is 3. The quantitative estimate of drug-likeness (QED) is 0.909. The first-order valence-electron chi connectivity index (χ1n) is 8.51. The lowest BCUT2D eigenvalue weighted by molar-refractivity contribution is -0.117. The Morgan fingerprint density at radius 2 is 2.12 bits per heavy atom. The van der Waals surface area contributed by atoms with Gasteiger partial charge in [0.1, 0.15) is 0 Å². The summed E-state index contributed by atoms with van der Waals surface area (Å²) in [7, 11) is 0. The first-order chi connectivity index (χ1) is 11.1. The predicted molar refractivity (Wildman–Crippen MR) is 97.6 cm³/mol. The molecule has 0 aliphatic carbocycles. The molecule has 2 atom stereocenters. The van der Waals surface area contributed by atoms with Gasteiger partial charge in [-0.2, -0.15) is 0 Å². The number of hydrogen-bond acceptors (Lipinski definition) is 3. The summed E-state index contributed by atoms with van der Waals surface area (Å²) in [6.45, 7) is 4.21. The second-order valence-electron chi connectivity index (χ2n) is 6.72. The fourth-order valence-electron chi connectivity index (χ4n) is 3.64. The Bertz CT molecular complexity index is 608. The molecule has 1 aromatic carbocycles. The monoisotopic (exact) mass is 351 g/mol. The lowest BCUT2D eigenvalue weighted by atomic mass is 9.92. The summed E-state index contributed by atoms with van der Waals surface area (Å²) in [5.41, 5.74) is 7.35. The van der Waals surface area contributed by atoms with Crippen molar-refractivity contribution >= 4 is 29.9 Å². The molecule has 0 bridgehead atoms. The zero-order valence-electron chi connectivity index (χ0n) is 14.1. The van der Waals surface area contributed by atoms with Crippen LogP contribution < -0.4 is 10.6 Å². The standard InChI is InChI=1S/C18H25N3O2.ClH/c1-13-7-9-21(16(10-13)12-19)18(23)14-4-2-5-15(11-14)20-8-3-6-17(20)22;/h2,4-5,11,13,16H,3,6-10,12,19H2,1H3;1H. The second-order valence-corrected chi connectivity index (χ2v) is 6.72. The third-order valence-electron chi connectivity index (χ3n) is 4.99. The smallest absolute Gasteiger partial charge is 0.254 e. The number of benzene rings is 1. The van der Waals surface area contributed by atoms with Gasteiger partial charge in [-0.3, -0.25) is 9.59 Å². The van der Waals surface area contributed by atoms with E-state index in [-0.39, 0.29) is 30.3 Å². The second kappa shape index (κ2) is 7.99. The van der Waals surface area contributed by atoms with Crippen LogP contribution in [-0.2, 0) is 4.79 Å². The van der Waals surface area contributed by atoms with Crippen LogP contribution >= 0.6 is 12.4 Å². The molecule has 0 radical (unpaired) electrons. The van der Waals surface area contributed by atoms with Crippen molar-refractivity contribution in [2.45, 2.75) is 38.6 Å². The van der Waals surface area contributed by atoms with Crippen molar-refractivity contribution in [1.29, 1.82) is 0 Å². The number of amides is 2. The third kappa shape index (κ3) is 3.73. The summed E-state index contributed by atoms with van der Waals surface area (Å²) in [5, 5.41) is 0. The van der Waals surface area contributed by atoms with E-state index in [9.17, 15) is 9.59 Å². The Morgan fingerprint density at radius 1 is 1.33 bits per heavy atom. The molecule has 2 heterocycles. The van der Waals surface area contributed by atoms with Crippen LogP contribution in [0.5, 0.6) is 0 Å². The Balaban J connectivity index is 0.00000208. The molecule has 2 saturated heterocycles. The Hall–Kier alpha value is -1.59. The van der Waals surface area contributed by atoms with Gasteiger partial charge in [0.25, 0.3) is 5.91 Å². The van der Waals surface area contributed by atoms with Gasteiger partial charge >= 0.3 is 0 Å². The SMILES string of the molecule is CC1CCN(C(=O)c2cccc(N3CCCC3=O)c2)C(CN)C1.Cl. The maximum Gasteiger partial charge on any atom is 0.254 e. The van der Waals surface area contributed by atoms with Crippen LogP contribution in [-0.4, -0.2) is 42.4 Å². The molecular weight excluding hydrogens is 326 g/mol. The zero-order valence-corrected chi connectivity index (χ0v) is 14.9. The van der Waals surface area contributed by atoms with Gasteiger partial charge in [-0.05, 0) is 43.4 Å². The fourth-order valence-corrected chi connectivity index (χ4v) is 3.64. The molecule has 6 heteroatoms. The molecule has 3 rings (SSSR count). The van der Waals surface area contributed by atoms with E-state index in [1.54, 1.807) is 4.90 Å². The minimum absolute atomic E-state index is 0. The number of anilines is 1. The van der Waals surface area contributed by atoms with Crippen molar-refractivity contribution in [3.63, 3.8) is 0 Å². The molecular formula is C18H26ClN3O2. The topological polar surface area (TPSA) is 66.6 Å². The predicted octanol–water partition coefficient (Wildman–Crippen LogP) is 2.43. The molecule has 0 spiro atoms. The Labute approximate surface area is 149 Å². The van der Waals surface area contributed by atoms with Crippen LogP contribution in [0.3, 0.4) is 0 Å². The van der Waals surface area contributed by atoms with Crippen molar-refractivity contribution in [2.75, 3.05) is 24.5 Å². The van der Waals surface area contributed by atoms with Crippen LogP contribution in [0.2, 0.25) is 0 Å². The summed E-state index contributed by atoms with van der Waals surface area (Å²) in [5.74, 6) is 0.781. The maximum atomic E-state index is 12.9. The van der Waals surface area contributed by atoms with Crippen LogP contribution in [0.15, 0.2) is 24.3 Å². The molecule has 2 amide bonds. The fraction of sp³-hybridized carbons (Fsp3) is 0.556. The average Bonchev–Trinajstić information content (AvgIpc) is 3.00. The average molecular weight is 352 g/mol. The van der Waals surface area contributed by atoms with Crippen molar-refractivity contribution in [3.05, 3.63) is 29.8 Å². The largest absolute Gasteiger partial charge is 0.334 e. The third-order valence-corrected chi connectivity index (χ3v) is 4.99. The number of halogens is 1. The molecule has 2 aliphatic rings. The number of piperidine rings is 1. The van der Waals surface area contributed by atoms with E-state index in [0.29, 0.717) is 24.4 Å². The van der Waals surface area contributed by atoms with Crippen LogP contribution in [0.1, 0.15) is 43.0 Å². The first-order valence-corrected chi connectivity index (χ1v) is 8.51. The molecule has 2 N–H and O–H groups in total. The highest BCUT2D eigenvalue weighted by Gasteiger charge is 2.30. The molecule has 1 aromatic rings. The maximum absolute atomic E-state index is 12.9. The molecule has 2 unspecified atom stereocenters. The van der Waals surface area contributed by atoms with Crippen molar-refractivity contribution < 1.29 is 9.59 Å². The Kier molecular flexibility index (Phi) is 6.24. The number of hydrogen-bond donors (Lipinski definition) is 1. The highest BCUT2D eigenvalue weighted by Crippen LogP contribution is 2.26. The zero-order chi connectivity index (χ0) is 16.4. The molecule has 2 aliphatic heterocycles. The van der Waals surface area contributed by atoms with Gasteiger partial charge in [0.2, 0.25) is 5.91 Å². The van der Waals surface area contributed by atoms with Gasteiger partial charge in [-0.15, -0.1) is 12.4 Å². The van der Waals surface area contributed by atoms with E-state index in [4.69, 9.17) is 5.73 Å². The molecule has 2 fully saturated rings. The molecule has 0 aromatic heterocycles. The molecule has 132 valence electrons. The minimum Gasteiger partial charge on any atom is -0.334 e. The van der Waals surface area contributed by atoms with E-state index >= 15 is 0 Å². The van der Waals surface area contributed by atoms with Gasteiger partial charge in [0.05, 0.1) is 0 Å². The summed E-state index contributed by atoms with van der Waals surface area (Å²) < 4.78 is 0. The van der Waals surface area contributed by atoms with Crippen LogP contribution in [0.25, 0.3) is 0 Å². The van der Waals surface area contributed by atoms with Gasteiger partial charge in [0, 0.05) is 43.3 Å². The van der Waals surface area contributed by atoms with E-state index in [0.717, 1.165) is 38.0 Å². The lowest BCUT2D eigenvalue weighted by Crippen LogP contribution is -2.49. The van der Waals surface area contributed by atoms with Crippen molar-refractivity contribution in [3.8, 4) is 0 Å². The van der Waals surface area contributed by atoms with Crippen molar-refractivity contribution in [1.82, 2.24) is 4.90 Å². The van der Waals surface area contributed by atoms with Crippen LogP contribution in [0, 0.1) is 5.92 Å². The highest BCUT2D eigenvalue weighted by molar-refractivity contribution is 5.99. The number of nitrogens with zero attached hydrogens (tertiary/aromatic N) is 2. The van der Waals surface area contributed by atoms with E-state index in [1.807, 2.05) is 29.2 Å². The lowest BCUT2D eigenvalue weighted by Gasteiger charge is -2.38. The normalized spacial score (nSPS) is 24.0. The molecule has 5 nitrogen and oxygen atoms in total. The number of likely N-dealkylation sites (tertiary alicyclic amines) is 1. The number of carbonyl (C=O) groups excluding carboxylic acids is 2. The number of carbonyl (C=O) groups is 2. The van der Waals surface area contributed by atoms with E-state index < -0.39 is 0 Å². The molecule has 24 heavy (non-hydrogen) atoms. The highest BCUT2D eigenvalue weighted by atomic mass is 35.5. The van der Waals surface area contributed by atoms with E-state index in [1.165, 1.54) is 0 Å². The van der Waals surface area contributed by atoms with Gasteiger partial charge in [0.15, 0.2) is 0 Å².